The molecule has 15 heavy (non-hydrogen) atoms. The summed E-state index contributed by atoms with van der Waals surface area (Å²) in [5.41, 5.74) is 1.33. The first-order valence-electron chi connectivity index (χ1n) is 4.52. The lowest BCUT2D eigenvalue weighted by molar-refractivity contribution is -0.385. The van der Waals surface area contributed by atoms with Crippen LogP contribution in [0.4, 0.5) is 5.69 Å². The second kappa shape index (κ2) is 4.23. The van der Waals surface area contributed by atoms with Crippen LogP contribution in [0.15, 0.2) is 41.8 Å². The highest BCUT2D eigenvalue weighted by Gasteiger charge is 2.14. The van der Waals surface area contributed by atoms with E-state index in [1.807, 2.05) is 30.3 Å². The van der Waals surface area contributed by atoms with Crippen molar-refractivity contribution < 1.29 is 4.92 Å². The highest BCUT2D eigenvalue weighted by molar-refractivity contribution is 7.10. The van der Waals surface area contributed by atoms with Crippen LogP contribution in [-0.2, 0) is 6.42 Å². The third-order valence-corrected chi connectivity index (χ3v) is 3.04. The van der Waals surface area contributed by atoms with Crippen LogP contribution in [0.1, 0.15) is 10.4 Å². The molecule has 0 saturated carbocycles. The molecule has 0 aliphatic carbocycles. The molecule has 2 aromatic rings. The standard InChI is InChI=1S/C11H9NO2S/c13-12(14)10-6-7-15-11(10)8-9-4-2-1-3-5-9/h1-7H,8H2. The number of thiophene rings is 1. The Morgan fingerprint density at radius 3 is 2.60 bits per heavy atom. The van der Waals surface area contributed by atoms with Gasteiger partial charge in [-0.1, -0.05) is 30.3 Å². The minimum atomic E-state index is -0.325. The SMILES string of the molecule is O=[N+]([O-])c1ccsc1Cc1ccccc1. The van der Waals surface area contributed by atoms with Crippen LogP contribution < -0.4 is 0 Å². The summed E-state index contributed by atoms with van der Waals surface area (Å²) in [4.78, 5) is 11.2. The van der Waals surface area contributed by atoms with E-state index in [0.29, 0.717) is 6.42 Å². The predicted octanol–water partition coefficient (Wildman–Crippen LogP) is 3.25. The quantitative estimate of drug-likeness (QED) is 0.587. The Hall–Kier alpha value is -1.68. The van der Waals surface area contributed by atoms with Crippen LogP contribution in [-0.4, -0.2) is 4.92 Å². The normalized spacial score (nSPS) is 10.1. The zero-order chi connectivity index (χ0) is 10.7. The van der Waals surface area contributed by atoms with Gasteiger partial charge < -0.3 is 0 Å². The molecule has 76 valence electrons. The van der Waals surface area contributed by atoms with Gasteiger partial charge in [-0.3, -0.25) is 10.1 Å². The van der Waals surface area contributed by atoms with Crippen molar-refractivity contribution in [2.75, 3.05) is 0 Å². The second-order valence-electron chi connectivity index (χ2n) is 3.15. The highest BCUT2D eigenvalue weighted by Crippen LogP contribution is 2.26. The average Bonchev–Trinajstić information content (AvgIpc) is 2.67. The van der Waals surface area contributed by atoms with Crippen LogP contribution >= 0.6 is 11.3 Å². The maximum atomic E-state index is 10.7. The summed E-state index contributed by atoms with van der Waals surface area (Å²) in [5.74, 6) is 0. The molecule has 0 saturated heterocycles. The number of hydrogen-bond donors (Lipinski definition) is 0. The third-order valence-electron chi connectivity index (χ3n) is 2.13. The lowest BCUT2D eigenvalue weighted by Crippen LogP contribution is -1.91. The summed E-state index contributed by atoms with van der Waals surface area (Å²) in [7, 11) is 0. The number of benzene rings is 1. The molecule has 0 fully saturated rings. The molecule has 2 rings (SSSR count). The molecule has 1 aromatic heterocycles. The van der Waals surface area contributed by atoms with Gasteiger partial charge in [-0.05, 0) is 10.9 Å². The molecule has 0 N–H and O–H groups in total. The van der Waals surface area contributed by atoms with Crippen molar-refractivity contribution in [3.8, 4) is 0 Å². The molecule has 1 heterocycles. The molecule has 0 amide bonds. The Morgan fingerprint density at radius 2 is 1.93 bits per heavy atom. The van der Waals surface area contributed by atoms with E-state index in [2.05, 4.69) is 0 Å². The predicted molar refractivity (Wildman–Crippen MR) is 60.2 cm³/mol. The summed E-state index contributed by atoms with van der Waals surface area (Å²) in [6.07, 6.45) is 0.634. The molecular weight excluding hydrogens is 210 g/mol. The number of hydrogen-bond acceptors (Lipinski definition) is 3. The van der Waals surface area contributed by atoms with Gasteiger partial charge in [0.15, 0.2) is 0 Å². The van der Waals surface area contributed by atoms with Gasteiger partial charge in [0.05, 0.1) is 9.80 Å². The van der Waals surface area contributed by atoms with Gasteiger partial charge in [0.1, 0.15) is 0 Å². The van der Waals surface area contributed by atoms with Gasteiger partial charge in [0.25, 0.3) is 5.69 Å². The van der Waals surface area contributed by atoms with Crippen LogP contribution in [0, 0.1) is 10.1 Å². The molecule has 0 radical (unpaired) electrons. The third kappa shape index (κ3) is 2.22. The Kier molecular flexibility index (Phi) is 2.78. The zero-order valence-corrected chi connectivity index (χ0v) is 8.74. The molecule has 1 aromatic carbocycles. The van der Waals surface area contributed by atoms with Crippen molar-refractivity contribution in [2.24, 2.45) is 0 Å². The van der Waals surface area contributed by atoms with Crippen LogP contribution in [0.2, 0.25) is 0 Å². The van der Waals surface area contributed by atoms with E-state index >= 15 is 0 Å². The Morgan fingerprint density at radius 1 is 1.20 bits per heavy atom. The topological polar surface area (TPSA) is 43.1 Å². The molecule has 0 unspecified atom stereocenters. The molecule has 3 nitrogen and oxygen atoms in total. The lowest BCUT2D eigenvalue weighted by atomic mass is 10.1. The fourth-order valence-electron chi connectivity index (χ4n) is 1.41. The fourth-order valence-corrected chi connectivity index (χ4v) is 2.28. The maximum Gasteiger partial charge on any atom is 0.283 e. The lowest BCUT2D eigenvalue weighted by Gasteiger charge is -1.97. The summed E-state index contributed by atoms with van der Waals surface area (Å²) in [6, 6.07) is 11.3. The second-order valence-corrected chi connectivity index (χ2v) is 4.15. The summed E-state index contributed by atoms with van der Waals surface area (Å²) in [6.45, 7) is 0. The largest absolute Gasteiger partial charge is 0.283 e. The van der Waals surface area contributed by atoms with E-state index in [1.54, 1.807) is 11.4 Å². The van der Waals surface area contributed by atoms with Crippen molar-refractivity contribution in [3.63, 3.8) is 0 Å². The van der Waals surface area contributed by atoms with E-state index in [4.69, 9.17) is 0 Å². The van der Waals surface area contributed by atoms with E-state index < -0.39 is 0 Å². The van der Waals surface area contributed by atoms with E-state index in [0.717, 1.165) is 10.4 Å². The van der Waals surface area contributed by atoms with E-state index in [-0.39, 0.29) is 10.6 Å². The van der Waals surface area contributed by atoms with Crippen LogP contribution in [0.3, 0.4) is 0 Å². The first kappa shape index (κ1) is 9.86. The molecule has 4 heteroatoms. The fraction of sp³-hybridized carbons (Fsp3) is 0.0909. The van der Waals surface area contributed by atoms with Crippen molar-refractivity contribution in [1.82, 2.24) is 0 Å². The minimum absolute atomic E-state index is 0.226. The number of nitro groups is 1. The minimum Gasteiger partial charge on any atom is -0.258 e. The monoisotopic (exact) mass is 219 g/mol. The molecular formula is C11H9NO2S. The van der Waals surface area contributed by atoms with Gasteiger partial charge in [0.2, 0.25) is 0 Å². The van der Waals surface area contributed by atoms with Crippen molar-refractivity contribution in [1.29, 1.82) is 0 Å². The van der Waals surface area contributed by atoms with E-state index in [1.165, 1.54) is 11.3 Å². The van der Waals surface area contributed by atoms with E-state index in [9.17, 15) is 10.1 Å². The van der Waals surface area contributed by atoms with Crippen molar-refractivity contribution in [3.05, 3.63) is 62.3 Å². The van der Waals surface area contributed by atoms with Gasteiger partial charge in [0, 0.05) is 12.5 Å². The first-order valence-corrected chi connectivity index (χ1v) is 5.40. The Bertz CT molecular complexity index is 464. The number of nitrogens with zero attached hydrogens (tertiary/aromatic N) is 1. The van der Waals surface area contributed by atoms with Gasteiger partial charge in [-0.25, -0.2) is 0 Å². The van der Waals surface area contributed by atoms with Crippen LogP contribution in [0.25, 0.3) is 0 Å². The van der Waals surface area contributed by atoms with Gasteiger partial charge >= 0.3 is 0 Å². The van der Waals surface area contributed by atoms with Gasteiger partial charge in [-0.2, -0.15) is 0 Å². The molecule has 0 spiro atoms. The van der Waals surface area contributed by atoms with Gasteiger partial charge in [-0.15, -0.1) is 11.3 Å². The summed E-state index contributed by atoms with van der Waals surface area (Å²) < 4.78 is 0. The Balaban J connectivity index is 2.25. The smallest absolute Gasteiger partial charge is 0.258 e. The van der Waals surface area contributed by atoms with Crippen molar-refractivity contribution >= 4 is 17.0 Å². The number of rotatable bonds is 3. The zero-order valence-electron chi connectivity index (χ0n) is 7.92. The maximum absolute atomic E-state index is 10.7. The highest BCUT2D eigenvalue weighted by atomic mass is 32.1. The van der Waals surface area contributed by atoms with Crippen LogP contribution in [0.5, 0.6) is 0 Å². The Labute approximate surface area is 91.1 Å². The summed E-state index contributed by atoms with van der Waals surface area (Å²) in [5, 5.41) is 12.4. The average molecular weight is 219 g/mol. The molecule has 0 aliphatic heterocycles. The molecule has 0 atom stereocenters. The van der Waals surface area contributed by atoms with Crippen molar-refractivity contribution in [2.45, 2.75) is 6.42 Å². The molecule has 0 bridgehead atoms. The molecule has 0 aliphatic rings. The first-order chi connectivity index (χ1) is 7.27. The summed E-state index contributed by atoms with van der Waals surface area (Å²) >= 11 is 1.43.